The van der Waals surface area contributed by atoms with Crippen molar-refractivity contribution >= 4 is 11.9 Å². The molecule has 0 aromatic heterocycles. The summed E-state index contributed by atoms with van der Waals surface area (Å²) >= 11 is 0. The molecule has 0 spiro atoms. The van der Waals surface area contributed by atoms with Gasteiger partial charge in [-0.1, -0.05) is 19.3 Å². The molecule has 1 atom stereocenters. The number of nitrogens with one attached hydrogen (secondary N) is 1. The summed E-state index contributed by atoms with van der Waals surface area (Å²) in [6.07, 6.45) is 6.13. The van der Waals surface area contributed by atoms with E-state index in [1.807, 2.05) is 4.90 Å². The fourth-order valence-corrected chi connectivity index (χ4v) is 2.95. The minimum absolute atomic E-state index is 0.0125. The molecule has 2 rings (SSSR count). The second kappa shape index (κ2) is 5.88. The number of aliphatic carboxylic acids is 1. The number of amides is 1. The molecule has 6 heteroatoms. The highest BCUT2D eigenvalue weighted by molar-refractivity contribution is 5.81. The van der Waals surface area contributed by atoms with Gasteiger partial charge in [-0.25, -0.2) is 0 Å². The van der Waals surface area contributed by atoms with Crippen molar-refractivity contribution in [1.82, 2.24) is 10.2 Å². The Kier molecular flexibility index (Phi) is 4.42. The normalized spacial score (nSPS) is 29.3. The van der Waals surface area contributed by atoms with Crippen molar-refractivity contribution in [1.29, 1.82) is 0 Å². The standard InChI is InChI=1S/C13H23N3O3/c14-13(12(18)19)6-7-16(9-13)8-11(17)15-10-4-2-1-3-5-10/h10H,1-9,14H2,(H,15,17)(H,18,19). The number of carboxylic acid groups (broad SMARTS) is 1. The Bertz CT molecular complexity index is 355. The molecule has 1 aliphatic heterocycles. The van der Waals surface area contributed by atoms with E-state index in [0.29, 0.717) is 19.0 Å². The second-order valence-corrected chi connectivity index (χ2v) is 5.82. The SMILES string of the molecule is NC1(C(=O)O)CCN(CC(=O)NC2CCCCC2)C1. The van der Waals surface area contributed by atoms with Gasteiger partial charge in [0.2, 0.25) is 5.91 Å². The number of nitrogens with two attached hydrogens (primary N) is 1. The van der Waals surface area contributed by atoms with Crippen LogP contribution in [-0.2, 0) is 9.59 Å². The molecule has 1 saturated heterocycles. The van der Waals surface area contributed by atoms with Crippen molar-refractivity contribution in [2.45, 2.75) is 50.1 Å². The first-order chi connectivity index (χ1) is 8.99. The van der Waals surface area contributed by atoms with Gasteiger partial charge in [0.1, 0.15) is 5.54 Å². The lowest BCUT2D eigenvalue weighted by atomic mass is 9.95. The van der Waals surface area contributed by atoms with E-state index in [4.69, 9.17) is 10.8 Å². The van der Waals surface area contributed by atoms with Gasteiger partial charge in [0, 0.05) is 19.1 Å². The average molecular weight is 269 g/mol. The molecule has 1 heterocycles. The molecule has 1 aliphatic carbocycles. The van der Waals surface area contributed by atoms with Gasteiger partial charge in [0.15, 0.2) is 0 Å². The highest BCUT2D eigenvalue weighted by Crippen LogP contribution is 2.19. The van der Waals surface area contributed by atoms with Crippen LogP contribution >= 0.6 is 0 Å². The Balaban J connectivity index is 1.75. The summed E-state index contributed by atoms with van der Waals surface area (Å²) in [6, 6.07) is 0.297. The molecule has 1 saturated carbocycles. The molecule has 0 aromatic rings. The number of carbonyl (C=O) groups is 2. The minimum atomic E-state index is -1.19. The number of carbonyl (C=O) groups excluding carboxylic acids is 1. The summed E-state index contributed by atoms with van der Waals surface area (Å²) in [5, 5.41) is 12.1. The van der Waals surface area contributed by atoms with Gasteiger partial charge in [0.25, 0.3) is 0 Å². The zero-order chi connectivity index (χ0) is 13.9. The number of hydrogen-bond donors (Lipinski definition) is 3. The molecule has 6 nitrogen and oxygen atoms in total. The first-order valence-corrected chi connectivity index (χ1v) is 7.04. The van der Waals surface area contributed by atoms with E-state index < -0.39 is 11.5 Å². The Morgan fingerprint density at radius 2 is 2.00 bits per heavy atom. The summed E-state index contributed by atoms with van der Waals surface area (Å²) in [5.41, 5.74) is 4.59. The summed E-state index contributed by atoms with van der Waals surface area (Å²) in [7, 11) is 0. The number of nitrogens with zero attached hydrogens (tertiary/aromatic N) is 1. The van der Waals surface area contributed by atoms with Crippen molar-refractivity contribution in [2.75, 3.05) is 19.6 Å². The third kappa shape index (κ3) is 3.67. The highest BCUT2D eigenvalue weighted by atomic mass is 16.4. The molecule has 0 aromatic carbocycles. The van der Waals surface area contributed by atoms with Crippen molar-refractivity contribution in [3.05, 3.63) is 0 Å². The summed E-state index contributed by atoms with van der Waals surface area (Å²) in [4.78, 5) is 24.8. The van der Waals surface area contributed by atoms with Crippen LogP contribution in [0.15, 0.2) is 0 Å². The Hall–Kier alpha value is -1.14. The van der Waals surface area contributed by atoms with Gasteiger partial charge in [-0.05, 0) is 19.3 Å². The van der Waals surface area contributed by atoms with Gasteiger partial charge in [0.05, 0.1) is 6.54 Å². The van der Waals surface area contributed by atoms with Crippen LogP contribution in [0.1, 0.15) is 38.5 Å². The van der Waals surface area contributed by atoms with Crippen LogP contribution in [-0.4, -0.2) is 53.1 Å². The fourth-order valence-electron chi connectivity index (χ4n) is 2.95. The molecule has 0 radical (unpaired) electrons. The van der Waals surface area contributed by atoms with Crippen molar-refractivity contribution in [2.24, 2.45) is 5.73 Å². The maximum Gasteiger partial charge on any atom is 0.325 e. The van der Waals surface area contributed by atoms with E-state index in [0.717, 1.165) is 12.8 Å². The summed E-state index contributed by atoms with van der Waals surface area (Å²) < 4.78 is 0. The van der Waals surface area contributed by atoms with Crippen LogP contribution < -0.4 is 11.1 Å². The predicted octanol–water partition coefficient (Wildman–Crippen LogP) is -0.0769. The smallest absolute Gasteiger partial charge is 0.325 e. The molecule has 1 unspecified atom stereocenters. The molecular formula is C13H23N3O3. The monoisotopic (exact) mass is 269 g/mol. The van der Waals surface area contributed by atoms with Gasteiger partial charge in [-0.2, -0.15) is 0 Å². The molecule has 1 amide bonds. The van der Waals surface area contributed by atoms with Gasteiger partial charge in [-0.3, -0.25) is 14.5 Å². The summed E-state index contributed by atoms with van der Waals surface area (Å²) in [6.45, 7) is 1.07. The third-order valence-corrected chi connectivity index (χ3v) is 4.14. The number of likely N-dealkylation sites (tertiary alicyclic amines) is 1. The lowest BCUT2D eigenvalue weighted by Crippen LogP contribution is -2.51. The van der Waals surface area contributed by atoms with Gasteiger partial charge < -0.3 is 16.2 Å². The first kappa shape index (κ1) is 14.3. The fraction of sp³-hybridized carbons (Fsp3) is 0.846. The van der Waals surface area contributed by atoms with Crippen LogP contribution in [0, 0.1) is 0 Å². The Labute approximate surface area is 113 Å². The lowest BCUT2D eigenvalue weighted by molar-refractivity contribution is -0.143. The van der Waals surface area contributed by atoms with E-state index >= 15 is 0 Å². The number of carboxylic acids is 1. The van der Waals surface area contributed by atoms with Gasteiger partial charge in [-0.15, -0.1) is 0 Å². The Morgan fingerprint density at radius 1 is 1.32 bits per heavy atom. The topological polar surface area (TPSA) is 95.7 Å². The molecule has 0 bridgehead atoms. The van der Waals surface area contributed by atoms with Crippen LogP contribution in [0.25, 0.3) is 0 Å². The minimum Gasteiger partial charge on any atom is -0.480 e. The average Bonchev–Trinajstić information content (AvgIpc) is 2.73. The quantitative estimate of drug-likeness (QED) is 0.663. The predicted molar refractivity (Wildman–Crippen MR) is 70.6 cm³/mol. The van der Waals surface area contributed by atoms with E-state index in [9.17, 15) is 9.59 Å². The lowest BCUT2D eigenvalue weighted by Gasteiger charge is -2.24. The zero-order valence-corrected chi connectivity index (χ0v) is 11.2. The largest absolute Gasteiger partial charge is 0.480 e. The number of rotatable bonds is 4. The molecule has 108 valence electrons. The van der Waals surface area contributed by atoms with Crippen molar-refractivity contribution in [3.8, 4) is 0 Å². The number of hydrogen-bond acceptors (Lipinski definition) is 4. The van der Waals surface area contributed by atoms with Crippen molar-refractivity contribution < 1.29 is 14.7 Å². The maximum atomic E-state index is 11.9. The maximum absolute atomic E-state index is 11.9. The van der Waals surface area contributed by atoms with Gasteiger partial charge >= 0.3 is 5.97 Å². The Morgan fingerprint density at radius 3 is 2.58 bits per heavy atom. The zero-order valence-electron chi connectivity index (χ0n) is 11.2. The molecule has 2 fully saturated rings. The highest BCUT2D eigenvalue weighted by Gasteiger charge is 2.41. The molecular weight excluding hydrogens is 246 g/mol. The van der Waals surface area contributed by atoms with Crippen molar-refractivity contribution in [3.63, 3.8) is 0 Å². The van der Waals surface area contributed by atoms with Crippen LogP contribution in [0.4, 0.5) is 0 Å². The van der Waals surface area contributed by atoms with Crippen LogP contribution in [0.2, 0.25) is 0 Å². The summed E-state index contributed by atoms with van der Waals surface area (Å²) in [5.74, 6) is -0.996. The van der Waals surface area contributed by atoms with E-state index in [1.54, 1.807) is 0 Å². The molecule has 19 heavy (non-hydrogen) atoms. The van der Waals surface area contributed by atoms with E-state index in [-0.39, 0.29) is 19.0 Å². The third-order valence-electron chi connectivity index (χ3n) is 4.14. The van der Waals surface area contributed by atoms with E-state index in [1.165, 1.54) is 19.3 Å². The molecule has 2 aliphatic rings. The second-order valence-electron chi connectivity index (χ2n) is 5.82. The molecule has 4 N–H and O–H groups in total. The van der Waals surface area contributed by atoms with Crippen LogP contribution in [0.5, 0.6) is 0 Å². The first-order valence-electron chi connectivity index (χ1n) is 7.04. The van der Waals surface area contributed by atoms with Crippen LogP contribution in [0.3, 0.4) is 0 Å². The van der Waals surface area contributed by atoms with E-state index in [2.05, 4.69) is 5.32 Å².